The molecule has 1 aromatic rings. The number of hydrogen-bond acceptors (Lipinski definition) is 4. The van der Waals surface area contributed by atoms with Gasteiger partial charge in [-0.2, -0.15) is 0 Å². The molecule has 1 aliphatic rings. The highest BCUT2D eigenvalue weighted by Crippen LogP contribution is 2.21. The van der Waals surface area contributed by atoms with Crippen LogP contribution in [0.1, 0.15) is 39.2 Å². The molecule has 172 valence electrons. The second kappa shape index (κ2) is 11.8. The fraction of sp³-hybridized carbons (Fsp3) is 0.650. The Morgan fingerprint density at radius 2 is 2.07 bits per heavy atom. The molecule has 0 aromatic heterocycles. The van der Waals surface area contributed by atoms with Gasteiger partial charge in [-0.1, -0.05) is 17.7 Å². The standard InChI is InChI=1S/C20H32ClFN4O2S.HI/c1-20(2,3)29(27,28)11-9-24-19(23-4)25-17-6-5-10-26(14-17)13-15-7-8-16(22)12-18(15)21;/h7-8,12,17H,5-6,9-11,13-14H2,1-4H3,(H2,23,24,25);1H. The molecule has 10 heteroatoms. The van der Waals surface area contributed by atoms with Crippen molar-refractivity contribution in [1.82, 2.24) is 15.5 Å². The Bertz CT molecular complexity index is 831. The van der Waals surface area contributed by atoms with Crippen LogP contribution in [0.5, 0.6) is 0 Å². The molecule has 0 radical (unpaired) electrons. The summed E-state index contributed by atoms with van der Waals surface area (Å²) in [5.74, 6) is 0.318. The van der Waals surface area contributed by atoms with E-state index in [2.05, 4.69) is 20.5 Å². The van der Waals surface area contributed by atoms with Crippen molar-refractivity contribution >= 4 is 51.4 Å². The van der Waals surface area contributed by atoms with Crippen LogP contribution in [0.25, 0.3) is 0 Å². The molecule has 1 saturated heterocycles. The predicted molar refractivity (Wildman–Crippen MR) is 133 cm³/mol. The lowest BCUT2D eigenvalue weighted by molar-refractivity contribution is 0.192. The van der Waals surface area contributed by atoms with Crippen LogP contribution in [0, 0.1) is 5.82 Å². The maximum Gasteiger partial charge on any atom is 0.191 e. The van der Waals surface area contributed by atoms with E-state index >= 15 is 0 Å². The maximum atomic E-state index is 13.2. The van der Waals surface area contributed by atoms with Gasteiger partial charge in [0, 0.05) is 37.7 Å². The van der Waals surface area contributed by atoms with Crippen molar-refractivity contribution in [2.24, 2.45) is 4.99 Å². The number of guanidine groups is 1. The number of hydrogen-bond donors (Lipinski definition) is 2. The molecule has 2 N–H and O–H groups in total. The smallest absolute Gasteiger partial charge is 0.191 e. The molecule has 30 heavy (non-hydrogen) atoms. The Hall–Kier alpha value is -0.650. The fourth-order valence-corrected chi connectivity index (χ4v) is 4.42. The highest BCUT2D eigenvalue weighted by atomic mass is 127. The second-order valence-corrected chi connectivity index (χ2v) is 11.7. The average molecular weight is 575 g/mol. The van der Waals surface area contributed by atoms with Crippen molar-refractivity contribution in [1.29, 1.82) is 0 Å². The first kappa shape index (κ1) is 27.4. The van der Waals surface area contributed by atoms with Crippen molar-refractivity contribution in [2.75, 3.05) is 32.4 Å². The van der Waals surface area contributed by atoms with E-state index in [0.717, 1.165) is 31.5 Å². The van der Waals surface area contributed by atoms with Crippen LogP contribution < -0.4 is 10.6 Å². The van der Waals surface area contributed by atoms with Crippen LogP contribution in [0.4, 0.5) is 4.39 Å². The first-order chi connectivity index (χ1) is 13.5. The largest absolute Gasteiger partial charge is 0.355 e. The third kappa shape index (κ3) is 8.12. The van der Waals surface area contributed by atoms with Crippen molar-refractivity contribution in [3.8, 4) is 0 Å². The minimum Gasteiger partial charge on any atom is -0.355 e. The zero-order chi connectivity index (χ0) is 21.7. The SMILES string of the molecule is CN=C(NCCS(=O)(=O)C(C)(C)C)NC1CCCN(Cc2ccc(F)cc2Cl)C1.I. The lowest BCUT2D eigenvalue weighted by Gasteiger charge is -2.34. The first-order valence-corrected chi connectivity index (χ1v) is 11.9. The van der Waals surface area contributed by atoms with Crippen LogP contribution in [-0.2, 0) is 16.4 Å². The summed E-state index contributed by atoms with van der Waals surface area (Å²) in [6.07, 6.45) is 2.01. The lowest BCUT2D eigenvalue weighted by Crippen LogP contribution is -2.51. The average Bonchev–Trinajstić information content (AvgIpc) is 2.62. The number of nitrogens with zero attached hydrogens (tertiary/aromatic N) is 2. The molecule has 0 bridgehead atoms. The number of likely N-dealkylation sites (tertiary alicyclic amines) is 1. The van der Waals surface area contributed by atoms with E-state index in [1.165, 1.54) is 12.1 Å². The molecule has 1 fully saturated rings. The number of benzene rings is 1. The van der Waals surface area contributed by atoms with Gasteiger partial charge >= 0.3 is 0 Å². The Morgan fingerprint density at radius 1 is 1.37 bits per heavy atom. The summed E-state index contributed by atoms with van der Waals surface area (Å²) >= 11 is 6.16. The van der Waals surface area contributed by atoms with Crippen molar-refractivity contribution in [3.63, 3.8) is 0 Å². The summed E-state index contributed by atoms with van der Waals surface area (Å²) in [6, 6.07) is 4.69. The third-order valence-electron chi connectivity index (χ3n) is 5.08. The van der Waals surface area contributed by atoms with Crippen LogP contribution in [0.15, 0.2) is 23.2 Å². The van der Waals surface area contributed by atoms with E-state index in [1.807, 2.05) is 0 Å². The van der Waals surface area contributed by atoms with Gasteiger partial charge < -0.3 is 10.6 Å². The van der Waals surface area contributed by atoms with Crippen LogP contribution in [0.2, 0.25) is 5.02 Å². The van der Waals surface area contributed by atoms with E-state index < -0.39 is 14.6 Å². The van der Waals surface area contributed by atoms with E-state index in [0.29, 0.717) is 24.1 Å². The molecule has 0 spiro atoms. The molecule has 0 saturated carbocycles. The first-order valence-electron chi connectivity index (χ1n) is 9.87. The number of sulfone groups is 1. The molecule has 1 atom stereocenters. The highest BCUT2D eigenvalue weighted by molar-refractivity contribution is 14.0. The van der Waals surface area contributed by atoms with Gasteiger partial charge in [-0.3, -0.25) is 9.89 Å². The minimum atomic E-state index is -3.18. The Balaban J connectivity index is 0.00000450. The van der Waals surface area contributed by atoms with Crippen molar-refractivity contribution in [3.05, 3.63) is 34.6 Å². The van der Waals surface area contributed by atoms with Gasteiger partial charge in [-0.05, 0) is 57.9 Å². The molecule has 1 aromatic carbocycles. The molecular formula is C20H33ClFIN4O2S. The predicted octanol–water partition coefficient (Wildman–Crippen LogP) is 3.44. The molecule has 6 nitrogen and oxygen atoms in total. The molecular weight excluding hydrogens is 542 g/mol. The van der Waals surface area contributed by atoms with Gasteiger partial charge in [0.2, 0.25) is 0 Å². The van der Waals surface area contributed by atoms with Gasteiger partial charge in [0.25, 0.3) is 0 Å². The number of nitrogens with one attached hydrogen (secondary N) is 2. The molecule has 0 amide bonds. The van der Waals surface area contributed by atoms with Gasteiger partial charge in [0.1, 0.15) is 5.82 Å². The molecule has 1 aliphatic heterocycles. The van der Waals surface area contributed by atoms with Gasteiger partial charge in [-0.25, -0.2) is 12.8 Å². The molecule has 1 unspecified atom stereocenters. The summed E-state index contributed by atoms with van der Waals surface area (Å²) in [4.78, 5) is 6.49. The molecule has 2 rings (SSSR count). The third-order valence-corrected chi connectivity index (χ3v) is 8.03. The molecule has 1 heterocycles. The van der Waals surface area contributed by atoms with E-state index in [4.69, 9.17) is 11.6 Å². The van der Waals surface area contributed by atoms with E-state index in [-0.39, 0.29) is 41.6 Å². The number of piperidine rings is 1. The normalized spacial score (nSPS) is 18.6. The van der Waals surface area contributed by atoms with Gasteiger partial charge in [0.15, 0.2) is 15.8 Å². The Labute approximate surface area is 202 Å². The summed E-state index contributed by atoms with van der Waals surface area (Å²) in [7, 11) is -1.50. The Morgan fingerprint density at radius 3 is 2.67 bits per heavy atom. The Kier molecular flexibility index (Phi) is 10.8. The van der Waals surface area contributed by atoms with E-state index in [1.54, 1.807) is 33.9 Å². The van der Waals surface area contributed by atoms with Crippen LogP contribution >= 0.6 is 35.6 Å². The lowest BCUT2D eigenvalue weighted by atomic mass is 10.0. The summed E-state index contributed by atoms with van der Waals surface area (Å²) in [6.45, 7) is 7.84. The van der Waals surface area contributed by atoms with Crippen molar-refractivity contribution < 1.29 is 12.8 Å². The van der Waals surface area contributed by atoms with Crippen molar-refractivity contribution in [2.45, 2.75) is 50.9 Å². The minimum absolute atomic E-state index is 0. The zero-order valence-electron chi connectivity index (χ0n) is 18.0. The fourth-order valence-electron chi connectivity index (χ4n) is 3.21. The maximum absolute atomic E-state index is 13.2. The van der Waals surface area contributed by atoms with Gasteiger partial charge in [-0.15, -0.1) is 24.0 Å². The summed E-state index contributed by atoms with van der Waals surface area (Å²) < 4.78 is 37.0. The number of aliphatic imine (C=N–C) groups is 1. The quantitative estimate of drug-likeness (QED) is 0.309. The van der Waals surface area contributed by atoms with Crippen LogP contribution in [0.3, 0.4) is 0 Å². The monoisotopic (exact) mass is 574 g/mol. The van der Waals surface area contributed by atoms with E-state index in [9.17, 15) is 12.8 Å². The highest BCUT2D eigenvalue weighted by Gasteiger charge is 2.28. The second-order valence-electron chi connectivity index (χ2n) is 8.38. The topological polar surface area (TPSA) is 73.8 Å². The number of rotatable bonds is 6. The van der Waals surface area contributed by atoms with Crippen LogP contribution in [-0.4, -0.2) is 62.5 Å². The zero-order valence-corrected chi connectivity index (χ0v) is 21.9. The molecule has 0 aliphatic carbocycles. The summed E-state index contributed by atoms with van der Waals surface area (Å²) in [5, 5.41) is 6.92. The number of halogens is 3. The van der Waals surface area contributed by atoms with Gasteiger partial charge in [0.05, 0.1) is 10.5 Å². The summed E-state index contributed by atoms with van der Waals surface area (Å²) in [5.41, 5.74) is 0.906.